The molecule has 5 rings (SSSR count). The van der Waals surface area contributed by atoms with E-state index in [-0.39, 0.29) is 46.5 Å². The summed E-state index contributed by atoms with van der Waals surface area (Å²) in [7, 11) is 0. The molecule has 1 heterocycles. The van der Waals surface area contributed by atoms with Crippen molar-refractivity contribution in [3.63, 3.8) is 0 Å². The van der Waals surface area contributed by atoms with E-state index in [1.54, 1.807) is 42.5 Å². The topological polar surface area (TPSA) is 64.6 Å². The maximum absolute atomic E-state index is 12.9. The molecule has 2 aromatic carbocycles. The van der Waals surface area contributed by atoms with Crippen LogP contribution in [0.5, 0.6) is 11.5 Å². The van der Waals surface area contributed by atoms with Crippen molar-refractivity contribution >= 4 is 56.7 Å². The van der Waals surface area contributed by atoms with Gasteiger partial charge in [0.15, 0.2) is 0 Å². The van der Waals surface area contributed by atoms with Crippen molar-refractivity contribution < 1.29 is 19.1 Å². The number of benzene rings is 2. The number of anilines is 1. The van der Waals surface area contributed by atoms with Crippen LogP contribution in [0.2, 0.25) is 10.0 Å². The van der Waals surface area contributed by atoms with Crippen LogP contribution < -0.4 is 10.1 Å². The largest absolute Gasteiger partial charge is 0.461 e. The van der Waals surface area contributed by atoms with Gasteiger partial charge in [0.25, 0.3) is 0 Å². The highest BCUT2D eigenvalue weighted by Gasteiger charge is 2.67. The van der Waals surface area contributed by atoms with Crippen LogP contribution in [-0.4, -0.2) is 22.8 Å². The maximum Gasteiger partial charge on any atom is 0.310 e. The number of amides is 1. The second-order valence-corrected chi connectivity index (χ2v) is 9.55. The van der Waals surface area contributed by atoms with Crippen molar-refractivity contribution in [2.45, 2.75) is 17.4 Å². The zero-order chi connectivity index (χ0) is 20.3. The highest BCUT2D eigenvalue weighted by Crippen LogP contribution is 2.60. The van der Waals surface area contributed by atoms with E-state index in [1.165, 1.54) is 0 Å². The SMILES string of the molecule is O=C(Nc1ccc(Oc2ccc(Cl)cc2Cl)cc1)C1C2CC3C(OC(=O)C31)C2Br. The average molecular weight is 497 g/mol. The number of fused-ring (bicyclic) bond motifs is 1. The third-order valence-corrected chi connectivity index (χ3v) is 7.80. The molecule has 6 atom stereocenters. The first-order valence-electron chi connectivity index (χ1n) is 9.31. The second-order valence-electron chi connectivity index (χ2n) is 7.65. The number of esters is 1. The quantitative estimate of drug-likeness (QED) is 0.461. The Bertz CT molecular complexity index is 999. The number of ether oxygens (including phenoxy) is 2. The molecule has 1 saturated heterocycles. The van der Waals surface area contributed by atoms with E-state index in [4.69, 9.17) is 32.7 Å². The number of hydrogen-bond donors (Lipinski definition) is 1. The molecule has 1 N–H and O–H groups in total. The Kier molecular flexibility index (Phi) is 4.76. The number of rotatable bonds is 4. The van der Waals surface area contributed by atoms with E-state index in [9.17, 15) is 9.59 Å². The van der Waals surface area contributed by atoms with E-state index in [2.05, 4.69) is 21.2 Å². The van der Waals surface area contributed by atoms with Gasteiger partial charge in [-0.25, -0.2) is 0 Å². The second kappa shape index (κ2) is 7.18. The number of carbonyl (C=O) groups is 2. The van der Waals surface area contributed by atoms with Crippen molar-refractivity contribution in [3.8, 4) is 11.5 Å². The van der Waals surface area contributed by atoms with Gasteiger partial charge < -0.3 is 14.8 Å². The van der Waals surface area contributed by atoms with E-state index in [0.717, 1.165) is 6.42 Å². The predicted molar refractivity (Wildman–Crippen MR) is 113 cm³/mol. The Hall–Kier alpha value is -1.76. The lowest BCUT2D eigenvalue weighted by atomic mass is 9.79. The Morgan fingerprint density at radius 1 is 1.14 bits per heavy atom. The van der Waals surface area contributed by atoms with Crippen LogP contribution in [0.25, 0.3) is 0 Å². The Morgan fingerprint density at radius 2 is 1.90 bits per heavy atom. The molecule has 8 heteroatoms. The van der Waals surface area contributed by atoms with Gasteiger partial charge in [0, 0.05) is 16.6 Å². The third-order valence-electron chi connectivity index (χ3n) is 6.07. The fraction of sp³-hybridized carbons (Fsp3) is 0.333. The molecule has 2 aromatic rings. The van der Waals surface area contributed by atoms with Gasteiger partial charge in [-0.15, -0.1) is 0 Å². The molecule has 2 aliphatic carbocycles. The first-order chi connectivity index (χ1) is 13.9. The molecular weight excluding hydrogens is 481 g/mol. The molecule has 1 aliphatic heterocycles. The number of alkyl halides is 1. The smallest absolute Gasteiger partial charge is 0.310 e. The minimum Gasteiger partial charge on any atom is -0.461 e. The number of nitrogens with one attached hydrogen (secondary N) is 1. The molecule has 2 bridgehead atoms. The van der Waals surface area contributed by atoms with Gasteiger partial charge in [-0.1, -0.05) is 39.1 Å². The lowest BCUT2D eigenvalue weighted by molar-refractivity contribution is -0.145. The number of carbonyl (C=O) groups excluding carboxylic acids is 2. The molecule has 29 heavy (non-hydrogen) atoms. The Labute approximate surface area is 185 Å². The van der Waals surface area contributed by atoms with Crippen molar-refractivity contribution in [2.75, 3.05) is 5.32 Å². The maximum atomic E-state index is 12.9. The normalized spacial score (nSPS) is 31.6. The fourth-order valence-corrected chi connectivity index (χ4v) is 6.34. The summed E-state index contributed by atoms with van der Waals surface area (Å²) < 4.78 is 11.2. The van der Waals surface area contributed by atoms with Gasteiger partial charge in [-0.2, -0.15) is 0 Å². The molecule has 2 saturated carbocycles. The summed E-state index contributed by atoms with van der Waals surface area (Å²) in [5.41, 5.74) is 0.640. The third kappa shape index (κ3) is 3.22. The van der Waals surface area contributed by atoms with Gasteiger partial charge in [-0.05, 0) is 54.8 Å². The van der Waals surface area contributed by atoms with Gasteiger partial charge in [0.05, 0.1) is 21.7 Å². The summed E-state index contributed by atoms with van der Waals surface area (Å²) in [6.07, 6.45) is 0.765. The van der Waals surface area contributed by atoms with Crippen LogP contribution in [0.3, 0.4) is 0 Å². The van der Waals surface area contributed by atoms with Crippen LogP contribution in [0.4, 0.5) is 5.69 Å². The first kappa shape index (κ1) is 19.2. The summed E-state index contributed by atoms with van der Waals surface area (Å²) in [6.45, 7) is 0. The van der Waals surface area contributed by atoms with Gasteiger partial charge in [-0.3, -0.25) is 9.59 Å². The predicted octanol–water partition coefficient (Wildman–Crippen LogP) is 5.30. The first-order valence-corrected chi connectivity index (χ1v) is 11.0. The van der Waals surface area contributed by atoms with E-state index < -0.39 is 0 Å². The molecule has 0 radical (unpaired) electrons. The van der Waals surface area contributed by atoms with E-state index in [1.807, 2.05) is 0 Å². The van der Waals surface area contributed by atoms with Crippen molar-refractivity contribution in [2.24, 2.45) is 23.7 Å². The average Bonchev–Trinajstić information content (AvgIpc) is 3.30. The van der Waals surface area contributed by atoms with Crippen LogP contribution in [0, 0.1) is 23.7 Å². The van der Waals surface area contributed by atoms with Gasteiger partial charge >= 0.3 is 5.97 Å². The van der Waals surface area contributed by atoms with Crippen LogP contribution >= 0.6 is 39.1 Å². The lowest BCUT2D eigenvalue weighted by Crippen LogP contribution is -2.40. The molecule has 5 nitrogen and oxygen atoms in total. The summed E-state index contributed by atoms with van der Waals surface area (Å²) >= 11 is 15.7. The summed E-state index contributed by atoms with van der Waals surface area (Å²) in [5.74, 6) is 0.269. The molecule has 6 unspecified atom stereocenters. The van der Waals surface area contributed by atoms with Crippen LogP contribution in [0.15, 0.2) is 42.5 Å². The summed E-state index contributed by atoms with van der Waals surface area (Å²) in [5, 5.41) is 3.88. The zero-order valence-corrected chi connectivity index (χ0v) is 18.1. The van der Waals surface area contributed by atoms with Gasteiger partial charge in [0.2, 0.25) is 5.91 Å². The van der Waals surface area contributed by atoms with E-state index >= 15 is 0 Å². The minimum atomic E-state index is -0.362. The number of hydrogen-bond acceptors (Lipinski definition) is 4. The minimum absolute atomic E-state index is 0.0471. The van der Waals surface area contributed by atoms with Crippen molar-refractivity contribution in [1.82, 2.24) is 0 Å². The Balaban J connectivity index is 1.28. The fourth-order valence-electron chi connectivity index (χ4n) is 4.85. The highest BCUT2D eigenvalue weighted by atomic mass is 79.9. The lowest BCUT2D eigenvalue weighted by Gasteiger charge is -2.27. The molecular formula is C21H16BrCl2NO4. The molecule has 3 aliphatic rings. The molecule has 0 aromatic heterocycles. The van der Waals surface area contributed by atoms with Crippen molar-refractivity contribution in [3.05, 3.63) is 52.5 Å². The molecule has 3 fully saturated rings. The van der Waals surface area contributed by atoms with Crippen molar-refractivity contribution in [1.29, 1.82) is 0 Å². The molecule has 0 spiro atoms. The number of halogens is 3. The standard InChI is InChI=1S/C21H16BrCl2NO4/c22-18-12-8-13-17(21(27)29-19(13)18)16(12)20(26)25-10-2-4-11(5-3-10)28-15-6-1-9(23)7-14(15)24/h1-7,12-13,16-19H,8H2,(H,25,26). The molecule has 1 amide bonds. The zero-order valence-electron chi connectivity index (χ0n) is 15.0. The van der Waals surface area contributed by atoms with Gasteiger partial charge in [0.1, 0.15) is 17.6 Å². The highest BCUT2D eigenvalue weighted by molar-refractivity contribution is 9.09. The molecule has 150 valence electrons. The summed E-state index contributed by atoms with van der Waals surface area (Å²) in [6, 6.07) is 12.0. The summed E-state index contributed by atoms with van der Waals surface area (Å²) in [4.78, 5) is 25.2. The van der Waals surface area contributed by atoms with Crippen LogP contribution in [-0.2, 0) is 14.3 Å². The Morgan fingerprint density at radius 3 is 2.62 bits per heavy atom. The monoisotopic (exact) mass is 495 g/mol. The van der Waals surface area contributed by atoms with E-state index in [0.29, 0.717) is 27.2 Å². The van der Waals surface area contributed by atoms with Crippen LogP contribution in [0.1, 0.15) is 6.42 Å².